The summed E-state index contributed by atoms with van der Waals surface area (Å²) in [6, 6.07) is 11.9. The van der Waals surface area contributed by atoms with Gasteiger partial charge in [0, 0.05) is 23.2 Å². The van der Waals surface area contributed by atoms with Crippen molar-refractivity contribution in [3.8, 4) is 0 Å². The summed E-state index contributed by atoms with van der Waals surface area (Å²) in [5, 5.41) is 3.20. The highest BCUT2D eigenvalue weighted by Crippen LogP contribution is 2.22. The van der Waals surface area contributed by atoms with E-state index in [9.17, 15) is 13.2 Å². The van der Waals surface area contributed by atoms with Gasteiger partial charge in [0.2, 0.25) is 15.9 Å². The molecule has 0 saturated carbocycles. The van der Waals surface area contributed by atoms with Gasteiger partial charge in [0.05, 0.1) is 23.6 Å². The normalized spacial score (nSPS) is 12.5. The van der Waals surface area contributed by atoms with Gasteiger partial charge < -0.3 is 9.73 Å². The van der Waals surface area contributed by atoms with Crippen LogP contribution in [0, 0.1) is 0 Å². The highest BCUT2D eigenvalue weighted by molar-refractivity contribution is 7.89. The third kappa shape index (κ3) is 5.41. The molecule has 0 bridgehead atoms. The van der Waals surface area contributed by atoms with E-state index in [1.807, 2.05) is 12.1 Å². The number of sulfonamides is 1. The first-order valence-corrected chi connectivity index (χ1v) is 10.3. The second kappa shape index (κ2) is 9.01. The lowest BCUT2D eigenvalue weighted by Crippen LogP contribution is -2.33. The molecule has 0 saturated heterocycles. The summed E-state index contributed by atoms with van der Waals surface area (Å²) >= 11 is 5.82. The molecule has 0 fully saturated rings. The van der Waals surface area contributed by atoms with Crippen molar-refractivity contribution >= 4 is 27.5 Å². The zero-order valence-electron chi connectivity index (χ0n) is 14.8. The van der Waals surface area contributed by atoms with E-state index in [-0.39, 0.29) is 17.2 Å². The summed E-state index contributed by atoms with van der Waals surface area (Å²) in [6.45, 7) is 0.324. The fourth-order valence-corrected chi connectivity index (χ4v) is 3.89. The smallest absolute Gasteiger partial charge is 0.241 e. The van der Waals surface area contributed by atoms with E-state index in [1.165, 1.54) is 30.5 Å². The van der Waals surface area contributed by atoms with Crippen molar-refractivity contribution in [2.24, 2.45) is 0 Å². The third-order valence-corrected chi connectivity index (χ3v) is 5.70. The third-order valence-electron chi connectivity index (χ3n) is 3.96. The van der Waals surface area contributed by atoms with Crippen molar-refractivity contribution < 1.29 is 22.6 Å². The number of halogens is 1. The monoisotopic (exact) mass is 420 g/mol. The Kier molecular flexibility index (Phi) is 6.45. The van der Waals surface area contributed by atoms with Crippen LogP contribution in [0.3, 0.4) is 0 Å². The van der Waals surface area contributed by atoms with Crippen LogP contribution in [0.15, 0.2) is 76.5 Å². The molecule has 3 N–H and O–H groups in total. The molecule has 1 unspecified atom stereocenters. The van der Waals surface area contributed by atoms with Gasteiger partial charge in [-0.15, -0.1) is 0 Å². The Morgan fingerprint density at radius 3 is 2.57 bits per heavy atom. The number of amides is 1. The van der Waals surface area contributed by atoms with Gasteiger partial charge in [0.1, 0.15) is 5.76 Å². The van der Waals surface area contributed by atoms with Crippen LogP contribution in [0.2, 0.25) is 5.02 Å². The van der Waals surface area contributed by atoms with Gasteiger partial charge in [0.15, 0.2) is 12.4 Å². The van der Waals surface area contributed by atoms with Gasteiger partial charge in [0.25, 0.3) is 0 Å². The predicted molar refractivity (Wildman–Crippen MR) is 103 cm³/mol. The number of H-pyrrole nitrogens is 1. The minimum atomic E-state index is -3.87. The molecule has 1 amide bonds. The Bertz CT molecular complexity index is 1010. The number of benzene rings is 1. The molecule has 0 aliphatic rings. The molecule has 3 rings (SSSR count). The van der Waals surface area contributed by atoms with Crippen molar-refractivity contribution in [2.75, 3.05) is 0 Å². The number of carbonyl (C=O) groups is 1. The Hall–Kier alpha value is -2.68. The summed E-state index contributed by atoms with van der Waals surface area (Å²) in [4.78, 5) is 15.4. The van der Waals surface area contributed by atoms with Crippen LogP contribution in [-0.4, -0.2) is 14.3 Å². The molecule has 28 heavy (non-hydrogen) atoms. The van der Waals surface area contributed by atoms with Crippen molar-refractivity contribution in [3.05, 3.63) is 83.5 Å². The number of hydrogen-bond donors (Lipinski definition) is 2. The number of nitrogens with one attached hydrogen (secondary N) is 3. The first-order valence-electron chi connectivity index (χ1n) is 8.47. The van der Waals surface area contributed by atoms with Crippen molar-refractivity contribution in [1.29, 1.82) is 0 Å². The van der Waals surface area contributed by atoms with Gasteiger partial charge in [-0.3, -0.25) is 4.79 Å². The molecule has 0 spiro atoms. The lowest BCUT2D eigenvalue weighted by atomic mass is 10.1. The largest absolute Gasteiger partial charge is 0.468 e. The summed E-state index contributed by atoms with van der Waals surface area (Å²) in [5.74, 6) is 0.0322. The topological polar surface area (TPSA) is 103 Å². The number of rotatable bonds is 8. The maximum atomic E-state index is 12.7. The Balaban J connectivity index is 1.71. The van der Waals surface area contributed by atoms with Gasteiger partial charge in [-0.1, -0.05) is 11.6 Å². The van der Waals surface area contributed by atoms with Crippen LogP contribution in [0.4, 0.5) is 0 Å². The molecule has 0 aliphatic carbocycles. The first-order chi connectivity index (χ1) is 13.4. The van der Waals surface area contributed by atoms with E-state index >= 15 is 0 Å². The summed E-state index contributed by atoms with van der Waals surface area (Å²) in [6.07, 6.45) is 4.85. The molecule has 0 aliphatic heterocycles. The minimum Gasteiger partial charge on any atom is -0.468 e. The Labute approximate surface area is 167 Å². The van der Waals surface area contributed by atoms with E-state index in [2.05, 4.69) is 15.0 Å². The standard InChI is InChI=1S/C19H18ClN3O4S/c20-15-5-7-16(8-6-15)28(25,26)23-17(18-4-2-10-27-18)11-19(24)22-13-14-3-1-9-21-12-14/h1-10,12,17,23H,11,13H2,(H,22,24)/p+1. The molecule has 1 aromatic carbocycles. The number of pyridine rings is 1. The summed E-state index contributed by atoms with van der Waals surface area (Å²) in [5.41, 5.74) is 0.896. The molecular weight excluding hydrogens is 402 g/mol. The van der Waals surface area contributed by atoms with Gasteiger partial charge in [-0.05, 0) is 42.5 Å². The van der Waals surface area contributed by atoms with Crippen molar-refractivity contribution in [1.82, 2.24) is 10.0 Å². The molecular formula is C19H19ClN3O4S+. The quantitative estimate of drug-likeness (QED) is 0.584. The molecule has 2 aromatic heterocycles. The molecule has 2 heterocycles. The SMILES string of the molecule is O=C(CC(NS(=O)(=O)c1ccc(Cl)cc1)c1ccco1)NCc1ccc[nH+]c1. The number of aromatic amines is 1. The average molecular weight is 421 g/mol. The number of hydrogen-bond acceptors (Lipinski definition) is 4. The molecule has 3 aromatic rings. The summed E-state index contributed by atoms with van der Waals surface area (Å²) < 4.78 is 33.2. The van der Waals surface area contributed by atoms with Crippen molar-refractivity contribution in [2.45, 2.75) is 23.9 Å². The van der Waals surface area contributed by atoms with Gasteiger partial charge in [-0.2, -0.15) is 4.72 Å². The second-order valence-corrected chi connectivity index (χ2v) is 8.19. The van der Waals surface area contributed by atoms with Crippen molar-refractivity contribution in [3.63, 3.8) is 0 Å². The van der Waals surface area contributed by atoms with E-state index < -0.39 is 16.1 Å². The van der Waals surface area contributed by atoms with E-state index in [0.29, 0.717) is 17.3 Å². The van der Waals surface area contributed by atoms with Gasteiger partial charge in [-0.25, -0.2) is 13.4 Å². The zero-order valence-corrected chi connectivity index (χ0v) is 16.3. The van der Waals surface area contributed by atoms with E-state index in [4.69, 9.17) is 16.0 Å². The van der Waals surface area contributed by atoms with Crippen LogP contribution < -0.4 is 15.0 Å². The predicted octanol–water partition coefficient (Wildman–Crippen LogP) is 2.47. The molecule has 1 atom stereocenters. The molecule has 9 heteroatoms. The first kappa shape index (κ1) is 20.1. The van der Waals surface area contributed by atoms with Crippen LogP contribution in [-0.2, 0) is 21.4 Å². The van der Waals surface area contributed by atoms with Crippen LogP contribution in [0.5, 0.6) is 0 Å². The van der Waals surface area contributed by atoms with Crippen LogP contribution in [0.25, 0.3) is 0 Å². The minimum absolute atomic E-state index is 0.0497. The fraction of sp³-hybridized carbons (Fsp3) is 0.158. The number of furan rings is 1. The average Bonchev–Trinajstić information content (AvgIpc) is 3.22. The maximum absolute atomic E-state index is 12.7. The number of aromatic nitrogens is 1. The van der Waals surface area contributed by atoms with E-state index in [0.717, 1.165) is 5.56 Å². The number of carbonyl (C=O) groups excluding carboxylic acids is 1. The Morgan fingerprint density at radius 1 is 1.14 bits per heavy atom. The lowest BCUT2D eigenvalue weighted by Gasteiger charge is -2.17. The zero-order chi connectivity index (χ0) is 20.0. The van der Waals surface area contributed by atoms with Crippen LogP contribution >= 0.6 is 11.6 Å². The highest BCUT2D eigenvalue weighted by atomic mass is 35.5. The van der Waals surface area contributed by atoms with E-state index in [1.54, 1.807) is 24.5 Å². The lowest BCUT2D eigenvalue weighted by molar-refractivity contribution is -0.378. The van der Waals surface area contributed by atoms with Crippen LogP contribution in [0.1, 0.15) is 23.8 Å². The molecule has 7 nitrogen and oxygen atoms in total. The van der Waals surface area contributed by atoms with Gasteiger partial charge >= 0.3 is 0 Å². The highest BCUT2D eigenvalue weighted by Gasteiger charge is 2.25. The maximum Gasteiger partial charge on any atom is 0.241 e. The Morgan fingerprint density at radius 2 is 1.93 bits per heavy atom. The second-order valence-electron chi connectivity index (χ2n) is 6.04. The molecule has 0 radical (unpaired) electrons. The molecule has 146 valence electrons. The summed E-state index contributed by atoms with van der Waals surface area (Å²) in [7, 11) is -3.87. The fourth-order valence-electron chi connectivity index (χ4n) is 2.56.